The predicted molar refractivity (Wildman–Crippen MR) is 73.2 cm³/mol. The summed E-state index contributed by atoms with van der Waals surface area (Å²) in [6.07, 6.45) is 1.23. The maximum absolute atomic E-state index is 12.3. The maximum Gasteiger partial charge on any atom is 0.230 e. The lowest BCUT2D eigenvalue weighted by molar-refractivity contribution is -0.129. The van der Waals surface area contributed by atoms with E-state index in [1.807, 2.05) is 24.3 Å². The first-order valence-electron chi connectivity index (χ1n) is 6.23. The second kappa shape index (κ2) is 5.90. The van der Waals surface area contributed by atoms with E-state index in [9.17, 15) is 4.79 Å². The fourth-order valence-electron chi connectivity index (χ4n) is 2.20. The molecule has 1 aromatic rings. The average molecular weight is 284 g/mol. The van der Waals surface area contributed by atoms with Crippen molar-refractivity contribution in [3.05, 3.63) is 34.9 Å². The number of ether oxygens (including phenoxy) is 2. The van der Waals surface area contributed by atoms with Crippen molar-refractivity contribution in [3.8, 4) is 0 Å². The molecule has 0 atom stereocenters. The first-order chi connectivity index (χ1) is 9.14. The summed E-state index contributed by atoms with van der Waals surface area (Å²) >= 11 is 6.18. The van der Waals surface area contributed by atoms with E-state index in [0.717, 1.165) is 18.4 Å². The first kappa shape index (κ1) is 14.3. The largest absolute Gasteiger partial charge is 0.354 e. The van der Waals surface area contributed by atoms with Crippen molar-refractivity contribution < 1.29 is 14.3 Å². The molecule has 1 aromatic carbocycles. The van der Waals surface area contributed by atoms with Gasteiger partial charge in [-0.2, -0.15) is 0 Å². The molecular weight excluding hydrogens is 266 g/mol. The topological polar surface area (TPSA) is 47.6 Å². The minimum atomic E-state index is -0.468. The Morgan fingerprint density at radius 3 is 2.53 bits per heavy atom. The molecule has 0 heterocycles. The molecule has 0 bridgehead atoms. The molecule has 0 aromatic heterocycles. The van der Waals surface area contributed by atoms with E-state index < -0.39 is 11.7 Å². The normalized spacial score (nSPS) is 16.4. The van der Waals surface area contributed by atoms with Crippen LogP contribution in [0.1, 0.15) is 18.4 Å². The highest BCUT2D eigenvalue weighted by molar-refractivity contribution is 6.31. The maximum atomic E-state index is 12.3. The molecule has 1 aliphatic rings. The van der Waals surface area contributed by atoms with Gasteiger partial charge in [-0.1, -0.05) is 29.8 Å². The number of methoxy groups -OCH3 is 2. The number of amides is 1. The average Bonchev–Trinajstić information content (AvgIpc) is 3.21. The van der Waals surface area contributed by atoms with Crippen LogP contribution in [0.5, 0.6) is 0 Å². The van der Waals surface area contributed by atoms with Crippen molar-refractivity contribution in [1.29, 1.82) is 0 Å². The van der Waals surface area contributed by atoms with Crippen LogP contribution in [-0.2, 0) is 19.7 Å². The van der Waals surface area contributed by atoms with Gasteiger partial charge in [0.25, 0.3) is 0 Å². The smallest absolute Gasteiger partial charge is 0.230 e. The zero-order valence-corrected chi connectivity index (χ0v) is 11.9. The molecule has 2 rings (SSSR count). The Balaban J connectivity index is 2.05. The standard InChI is InChI=1S/C14H18ClNO3/c1-18-12(19-2)9-16-13(17)14(7-8-14)10-5-3-4-6-11(10)15/h3-6,12H,7-9H2,1-2H3,(H,16,17). The molecule has 19 heavy (non-hydrogen) atoms. The van der Waals surface area contributed by atoms with E-state index in [2.05, 4.69) is 5.32 Å². The molecule has 0 spiro atoms. The predicted octanol–water partition coefficient (Wildman–Crippen LogP) is 2.11. The number of halogens is 1. The van der Waals surface area contributed by atoms with Gasteiger partial charge in [-0.15, -0.1) is 0 Å². The number of hydrogen-bond donors (Lipinski definition) is 1. The van der Waals surface area contributed by atoms with Crippen molar-refractivity contribution in [1.82, 2.24) is 5.32 Å². The second-order valence-corrected chi connectivity index (χ2v) is 5.08. The molecule has 4 nitrogen and oxygen atoms in total. The van der Waals surface area contributed by atoms with Crippen molar-refractivity contribution in [3.63, 3.8) is 0 Å². The molecule has 0 unspecified atom stereocenters. The highest BCUT2D eigenvalue weighted by Gasteiger charge is 2.52. The van der Waals surface area contributed by atoms with Crippen LogP contribution in [0.25, 0.3) is 0 Å². The SMILES string of the molecule is COC(CNC(=O)C1(c2ccccc2Cl)CC1)OC. The monoisotopic (exact) mass is 283 g/mol. The fraction of sp³-hybridized carbons (Fsp3) is 0.500. The van der Waals surface area contributed by atoms with Crippen LogP contribution in [-0.4, -0.2) is 33.0 Å². The van der Waals surface area contributed by atoms with Crippen LogP contribution in [0.4, 0.5) is 0 Å². The molecule has 0 radical (unpaired) electrons. The van der Waals surface area contributed by atoms with E-state index >= 15 is 0 Å². The van der Waals surface area contributed by atoms with Crippen molar-refractivity contribution in [2.24, 2.45) is 0 Å². The van der Waals surface area contributed by atoms with Gasteiger partial charge in [0.2, 0.25) is 5.91 Å². The number of carbonyl (C=O) groups excluding carboxylic acids is 1. The minimum absolute atomic E-state index is 0.0142. The Bertz CT molecular complexity index is 456. The fourth-order valence-corrected chi connectivity index (χ4v) is 2.52. The summed E-state index contributed by atoms with van der Waals surface area (Å²) in [5.41, 5.74) is 0.435. The first-order valence-corrected chi connectivity index (χ1v) is 6.61. The molecule has 1 aliphatic carbocycles. The third-order valence-corrected chi connectivity index (χ3v) is 3.86. The van der Waals surface area contributed by atoms with Gasteiger partial charge in [0.15, 0.2) is 6.29 Å². The van der Waals surface area contributed by atoms with Crippen LogP contribution in [0.2, 0.25) is 5.02 Å². The van der Waals surface area contributed by atoms with E-state index in [1.165, 1.54) is 0 Å². The van der Waals surface area contributed by atoms with Gasteiger partial charge in [-0.05, 0) is 24.5 Å². The lowest BCUT2D eigenvalue weighted by atomic mass is 9.95. The number of hydrogen-bond acceptors (Lipinski definition) is 3. The number of benzene rings is 1. The molecule has 1 N–H and O–H groups in total. The molecule has 0 saturated heterocycles. The minimum Gasteiger partial charge on any atom is -0.354 e. The number of rotatable bonds is 6. The molecule has 1 fully saturated rings. The van der Waals surface area contributed by atoms with Gasteiger partial charge in [0.1, 0.15) is 0 Å². The third-order valence-electron chi connectivity index (χ3n) is 3.53. The summed E-state index contributed by atoms with van der Waals surface area (Å²) in [6, 6.07) is 7.50. The Kier molecular flexibility index (Phi) is 4.45. The lowest BCUT2D eigenvalue weighted by Gasteiger charge is -2.19. The Labute approximate surface area is 118 Å². The lowest BCUT2D eigenvalue weighted by Crippen LogP contribution is -2.40. The van der Waals surface area contributed by atoms with E-state index in [0.29, 0.717) is 11.6 Å². The molecule has 1 saturated carbocycles. The highest BCUT2D eigenvalue weighted by atomic mass is 35.5. The van der Waals surface area contributed by atoms with Gasteiger partial charge in [0, 0.05) is 19.2 Å². The van der Waals surface area contributed by atoms with Crippen LogP contribution < -0.4 is 5.32 Å². The van der Waals surface area contributed by atoms with E-state index in [4.69, 9.17) is 21.1 Å². The molecule has 5 heteroatoms. The Morgan fingerprint density at radius 2 is 2.00 bits per heavy atom. The second-order valence-electron chi connectivity index (χ2n) is 4.67. The van der Waals surface area contributed by atoms with Gasteiger partial charge in [0.05, 0.1) is 12.0 Å². The van der Waals surface area contributed by atoms with Crippen LogP contribution in [0.15, 0.2) is 24.3 Å². The van der Waals surface area contributed by atoms with Crippen molar-refractivity contribution in [2.75, 3.05) is 20.8 Å². The van der Waals surface area contributed by atoms with Crippen molar-refractivity contribution in [2.45, 2.75) is 24.5 Å². The van der Waals surface area contributed by atoms with Crippen LogP contribution in [0, 0.1) is 0 Å². The molecule has 1 amide bonds. The van der Waals surface area contributed by atoms with Crippen molar-refractivity contribution >= 4 is 17.5 Å². The quantitative estimate of drug-likeness (QED) is 0.814. The molecule has 104 valence electrons. The summed E-state index contributed by atoms with van der Waals surface area (Å²) in [7, 11) is 3.09. The number of carbonyl (C=O) groups is 1. The summed E-state index contributed by atoms with van der Waals surface area (Å²) in [5, 5.41) is 3.51. The summed E-state index contributed by atoms with van der Waals surface area (Å²) < 4.78 is 10.1. The highest BCUT2D eigenvalue weighted by Crippen LogP contribution is 2.50. The molecular formula is C14H18ClNO3. The van der Waals surface area contributed by atoms with Crippen LogP contribution >= 0.6 is 11.6 Å². The van der Waals surface area contributed by atoms with Gasteiger partial charge < -0.3 is 14.8 Å². The van der Waals surface area contributed by atoms with E-state index in [-0.39, 0.29) is 5.91 Å². The summed E-state index contributed by atoms with van der Waals surface area (Å²) in [5.74, 6) is -0.0142. The van der Waals surface area contributed by atoms with Gasteiger partial charge in [-0.25, -0.2) is 0 Å². The van der Waals surface area contributed by atoms with E-state index in [1.54, 1.807) is 14.2 Å². The summed E-state index contributed by atoms with van der Waals surface area (Å²) in [4.78, 5) is 12.3. The Hall–Kier alpha value is -1.10. The zero-order valence-electron chi connectivity index (χ0n) is 11.1. The Morgan fingerprint density at radius 1 is 1.37 bits per heavy atom. The molecule has 0 aliphatic heterocycles. The van der Waals surface area contributed by atoms with Crippen LogP contribution in [0.3, 0.4) is 0 Å². The third kappa shape index (κ3) is 2.91. The summed E-state index contributed by atoms with van der Waals surface area (Å²) in [6.45, 7) is 0.331. The van der Waals surface area contributed by atoms with Gasteiger partial charge in [-0.3, -0.25) is 4.79 Å². The van der Waals surface area contributed by atoms with Gasteiger partial charge >= 0.3 is 0 Å². The number of nitrogens with one attached hydrogen (secondary N) is 1. The zero-order chi connectivity index (χ0) is 13.9.